The van der Waals surface area contributed by atoms with Crippen LogP contribution in [0.1, 0.15) is 25.3 Å². The molecule has 0 fully saturated rings. The van der Waals surface area contributed by atoms with Crippen molar-refractivity contribution in [1.82, 2.24) is 0 Å². The van der Waals surface area contributed by atoms with E-state index >= 15 is 0 Å². The van der Waals surface area contributed by atoms with Crippen LogP contribution in [0.25, 0.3) is 0 Å². The van der Waals surface area contributed by atoms with Gasteiger partial charge < -0.3 is 9.47 Å². The number of hydrogen-bond acceptors (Lipinski definition) is 3. The van der Waals surface area contributed by atoms with E-state index in [4.69, 9.17) is 9.47 Å². The SMILES string of the molecule is CCC(=O)CCc1ccc(OC)c(OC)c1. The molecule has 0 aliphatic carbocycles. The number of Topliss-reactive ketones (excluding diaryl/α,β-unsaturated/α-hetero) is 1. The van der Waals surface area contributed by atoms with Gasteiger partial charge in [-0.05, 0) is 24.1 Å². The smallest absolute Gasteiger partial charge is 0.160 e. The molecular formula is C13H18O3. The number of rotatable bonds is 6. The van der Waals surface area contributed by atoms with E-state index in [0.717, 1.165) is 12.0 Å². The molecule has 0 radical (unpaired) electrons. The molecule has 0 unspecified atom stereocenters. The fraction of sp³-hybridized carbons (Fsp3) is 0.462. The maximum absolute atomic E-state index is 11.2. The average Bonchev–Trinajstić information content (AvgIpc) is 2.35. The molecule has 0 heterocycles. The number of aryl methyl sites for hydroxylation is 1. The lowest BCUT2D eigenvalue weighted by Gasteiger charge is -2.09. The van der Waals surface area contributed by atoms with Gasteiger partial charge in [-0.1, -0.05) is 13.0 Å². The number of ether oxygens (including phenoxy) is 2. The Labute approximate surface area is 96.4 Å². The molecule has 0 bridgehead atoms. The van der Waals surface area contributed by atoms with Crippen LogP contribution in [0.15, 0.2) is 18.2 Å². The lowest BCUT2D eigenvalue weighted by atomic mass is 10.1. The second-order valence-electron chi connectivity index (χ2n) is 3.58. The monoisotopic (exact) mass is 222 g/mol. The highest BCUT2D eigenvalue weighted by Gasteiger charge is 2.05. The molecule has 1 aromatic rings. The van der Waals surface area contributed by atoms with Crippen LogP contribution in [-0.4, -0.2) is 20.0 Å². The molecule has 0 amide bonds. The molecule has 0 aromatic heterocycles. The quantitative estimate of drug-likeness (QED) is 0.742. The number of carbonyl (C=O) groups excluding carboxylic acids is 1. The Bertz CT molecular complexity index is 358. The van der Waals surface area contributed by atoms with Gasteiger partial charge in [0.05, 0.1) is 14.2 Å². The van der Waals surface area contributed by atoms with E-state index in [1.165, 1.54) is 0 Å². The van der Waals surface area contributed by atoms with Crippen LogP contribution in [0.3, 0.4) is 0 Å². The Morgan fingerprint density at radius 2 is 1.88 bits per heavy atom. The number of ketones is 1. The molecule has 3 nitrogen and oxygen atoms in total. The second-order valence-corrected chi connectivity index (χ2v) is 3.58. The first-order valence-electron chi connectivity index (χ1n) is 5.43. The van der Waals surface area contributed by atoms with Gasteiger partial charge in [-0.2, -0.15) is 0 Å². The summed E-state index contributed by atoms with van der Waals surface area (Å²) in [6.45, 7) is 1.89. The van der Waals surface area contributed by atoms with Crippen molar-refractivity contribution in [2.75, 3.05) is 14.2 Å². The zero-order chi connectivity index (χ0) is 12.0. The molecule has 0 saturated heterocycles. The van der Waals surface area contributed by atoms with Gasteiger partial charge in [0.25, 0.3) is 0 Å². The maximum atomic E-state index is 11.2. The molecule has 0 saturated carbocycles. The minimum Gasteiger partial charge on any atom is -0.493 e. The molecule has 0 N–H and O–H groups in total. The summed E-state index contributed by atoms with van der Waals surface area (Å²) >= 11 is 0. The Morgan fingerprint density at radius 3 is 2.44 bits per heavy atom. The van der Waals surface area contributed by atoms with Crippen LogP contribution >= 0.6 is 0 Å². The highest BCUT2D eigenvalue weighted by Crippen LogP contribution is 2.27. The van der Waals surface area contributed by atoms with Crippen LogP contribution < -0.4 is 9.47 Å². The number of benzene rings is 1. The predicted molar refractivity (Wildman–Crippen MR) is 63.2 cm³/mol. The Hall–Kier alpha value is -1.51. The first-order valence-corrected chi connectivity index (χ1v) is 5.43. The number of carbonyl (C=O) groups is 1. The summed E-state index contributed by atoms with van der Waals surface area (Å²) in [6, 6.07) is 5.75. The normalized spacial score (nSPS) is 9.94. The first-order chi connectivity index (χ1) is 7.71. The molecule has 1 aromatic carbocycles. The third-order valence-electron chi connectivity index (χ3n) is 2.53. The van der Waals surface area contributed by atoms with E-state index < -0.39 is 0 Å². The van der Waals surface area contributed by atoms with Crippen molar-refractivity contribution in [1.29, 1.82) is 0 Å². The van der Waals surface area contributed by atoms with Crippen molar-refractivity contribution >= 4 is 5.78 Å². The van der Waals surface area contributed by atoms with Crippen molar-refractivity contribution in [3.8, 4) is 11.5 Å². The Morgan fingerprint density at radius 1 is 1.19 bits per heavy atom. The van der Waals surface area contributed by atoms with Gasteiger partial charge in [0.2, 0.25) is 0 Å². The molecule has 0 atom stereocenters. The standard InChI is InChI=1S/C13H18O3/c1-4-11(14)7-5-10-6-8-12(15-2)13(9-10)16-3/h6,8-9H,4-5,7H2,1-3H3. The van der Waals surface area contributed by atoms with Gasteiger partial charge in [0.15, 0.2) is 11.5 Å². The molecule has 0 spiro atoms. The minimum absolute atomic E-state index is 0.287. The van der Waals surface area contributed by atoms with Crippen LogP contribution in [0.4, 0.5) is 0 Å². The van der Waals surface area contributed by atoms with Crippen LogP contribution in [0.2, 0.25) is 0 Å². The summed E-state index contributed by atoms with van der Waals surface area (Å²) in [6.07, 6.45) is 1.95. The van der Waals surface area contributed by atoms with Crippen molar-refractivity contribution in [3.63, 3.8) is 0 Å². The van der Waals surface area contributed by atoms with Crippen LogP contribution in [0.5, 0.6) is 11.5 Å². The Kier molecular flexibility index (Phi) is 4.83. The zero-order valence-corrected chi connectivity index (χ0v) is 10.1. The molecule has 16 heavy (non-hydrogen) atoms. The van der Waals surface area contributed by atoms with E-state index in [-0.39, 0.29) is 5.78 Å². The third kappa shape index (κ3) is 3.26. The molecule has 3 heteroatoms. The van der Waals surface area contributed by atoms with Gasteiger partial charge in [-0.3, -0.25) is 4.79 Å². The summed E-state index contributed by atoms with van der Waals surface area (Å²) in [5.41, 5.74) is 1.10. The zero-order valence-electron chi connectivity index (χ0n) is 10.1. The summed E-state index contributed by atoms with van der Waals surface area (Å²) in [7, 11) is 3.22. The van der Waals surface area contributed by atoms with Gasteiger partial charge in [0.1, 0.15) is 5.78 Å². The van der Waals surface area contributed by atoms with Crippen LogP contribution in [0, 0.1) is 0 Å². The van der Waals surface area contributed by atoms with E-state index in [2.05, 4.69) is 0 Å². The molecule has 0 aliphatic heterocycles. The third-order valence-corrected chi connectivity index (χ3v) is 2.53. The van der Waals surface area contributed by atoms with Gasteiger partial charge in [-0.15, -0.1) is 0 Å². The average molecular weight is 222 g/mol. The van der Waals surface area contributed by atoms with Crippen molar-refractivity contribution in [2.24, 2.45) is 0 Å². The largest absolute Gasteiger partial charge is 0.493 e. The second kappa shape index (κ2) is 6.16. The number of methoxy groups -OCH3 is 2. The highest BCUT2D eigenvalue weighted by atomic mass is 16.5. The van der Waals surface area contributed by atoms with Crippen molar-refractivity contribution in [3.05, 3.63) is 23.8 Å². The summed E-state index contributed by atoms with van der Waals surface area (Å²) < 4.78 is 10.3. The van der Waals surface area contributed by atoms with Crippen molar-refractivity contribution < 1.29 is 14.3 Å². The van der Waals surface area contributed by atoms with E-state index in [0.29, 0.717) is 24.3 Å². The number of hydrogen-bond donors (Lipinski definition) is 0. The molecule has 1 rings (SSSR count). The summed E-state index contributed by atoms with van der Waals surface area (Å²) in [4.78, 5) is 11.2. The van der Waals surface area contributed by atoms with Gasteiger partial charge >= 0.3 is 0 Å². The summed E-state index contributed by atoms with van der Waals surface area (Å²) in [5, 5.41) is 0. The van der Waals surface area contributed by atoms with E-state index in [1.54, 1.807) is 14.2 Å². The molecule has 0 aliphatic rings. The lowest BCUT2D eigenvalue weighted by molar-refractivity contribution is -0.118. The summed E-state index contributed by atoms with van der Waals surface area (Å²) in [5.74, 6) is 1.71. The lowest BCUT2D eigenvalue weighted by Crippen LogP contribution is -1.98. The topological polar surface area (TPSA) is 35.5 Å². The molecule has 88 valence electrons. The Balaban J connectivity index is 2.71. The van der Waals surface area contributed by atoms with Gasteiger partial charge in [-0.25, -0.2) is 0 Å². The predicted octanol–water partition coefficient (Wildman–Crippen LogP) is 2.62. The maximum Gasteiger partial charge on any atom is 0.160 e. The fourth-order valence-electron chi connectivity index (χ4n) is 1.50. The first kappa shape index (κ1) is 12.6. The van der Waals surface area contributed by atoms with Gasteiger partial charge in [0, 0.05) is 12.8 Å². The van der Waals surface area contributed by atoms with Crippen LogP contribution in [-0.2, 0) is 11.2 Å². The highest BCUT2D eigenvalue weighted by molar-refractivity contribution is 5.78. The van der Waals surface area contributed by atoms with Crippen molar-refractivity contribution in [2.45, 2.75) is 26.2 Å². The van der Waals surface area contributed by atoms with E-state index in [9.17, 15) is 4.79 Å². The van der Waals surface area contributed by atoms with E-state index in [1.807, 2.05) is 25.1 Å². The minimum atomic E-state index is 0.287. The molecular weight excluding hydrogens is 204 g/mol. The fourth-order valence-corrected chi connectivity index (χ4v) is 1.50.